The highest BCUT2D eigenvalue weighted by atomic mass is 16.4. The smallest absolute Gasteiger partial charge is 0.305 e. The summed E-state index contributed by atoms with van der Waals surface area (Å²) in [6, 6.07) is 0. The normalized spacial score (nSPS) is 12.3. The first-order valence-corrected chi connectivity index (χ1v) is 6.41. The Hall–Kier alpha value is -1.10. The summed E-state index contributed by atoms with van der Waals surface area (Å²) < 4.78 is 0. The highest BCUT2D eigenvalue weighted by Crippen LogP contribution is 2.22. The number of carbonyl (C=O) groups is 2. The van der Waals surface area contributed by atoms with E-state index in [9.17, 15) is 9.59 Å². The van der Waals surface area contributed by atoms with Crippen molar-refractivity contribution in [1.29, 1.82) is 0 Å². The molecule has 18 heavy (non-hydrogen) atoms. The molecule has 1 amide bonds. The van der Waals surface area contributed by atoms with Crippen molar-refractivity contribution < 1.29 is 14.7 Å². The van der Waals surface area contributed by atoms with Crippen molar-refractivity contribution in [3.05, 3.63) is 0 Å². The Morgan fingerprint density at radius 1 is 1.17 bits per heavy atom. The monoisotopic (exact) mass is 258 g/mol. The van der Waals surface area contributed by atoms with Crippen LogP contribution in [0.1, 0.15) is 53.9 Å². The van der Waals surface area contributed by atoms with Crippen LogP contribution in [0.5, 0.6) is 0 Å². The number of carbonyl (C=O) groups excluding carboxylic acids is 1. The van der Waals surface area contributed by atoms with Gasteiger partial charge in [0.05, 0.1) is 12.0 Å². The van der Waals surface area contributed by atoms with Gasteiger partial charge in [0.1, 0.15) is 0 Å². The molecule has 106 valence electrons. The van der Waals surface area contributed by atoms with Gasteiger partial charge in [-0.1, -0.05) is 13.8 Å². The van der Waals surface area contributed by atoms with E-state index in [2.05, 4.69) is 0 Å². The third-order valence-corrected chi connectivity index (χ3v) is 3.29. The number of nitrogens with two attached hydrogens (primary N) is 1. The molecule has 0 aromatic heterocycles. The Morgan fingerprint density at radius 2 is 1.61 bits per heavy atom. The largest absolute Gasteiger partial charge is 0.481 e. The molecule has 0 rings (SSSR count). The van der Waals surface area contributed by atoms with Gasteiger partial charge in [0, 0.05) is 12.1 Å². The third-order valence-electron chi connectivity index (χ3n) is 3.29. The lowest BCUT2D eigenvalue weighted by atomic mass is 9.90. The lowest BCUT2D eigenvalue weighted by Gasteiger charge is -2.41. The van der Waals surface area contributed by atoms with E-state index < -0.39 is 17.0 Å². The van der Waals surface area contributed by atoms with Crippen molar-refractivity contribution in [2.75, 3.05) is 6.54 Å². The van der Waals surface area contributed by atoms with Gasteiger partial charge in [-0.2, -0.15) is 0 Å². The molecule has 0 aliphatic rings. The summed E-state index contributed by atoms with van der Waals surface area (Å²) >= 11 is 0. The van der Waals surface area contributed by atoms with Crippen LogP contribution in [0.15, 0.2) is 0 Å². The van der Waals surface area contributed by atoms with Crippen LogP contribution in [-0.4, -0.2) is 39.5 Å². The average Bonchev–Trinajstić information content (AvgIpc) is 2.25. The molecule has 5 heteroatoms. The molecular formula is C13H26N2O3. The fourth-order valence-electron chi connectivity index (χ4n) is 1.77. The van der Waals surface area contributed by atoms with E-state index in [4.69, 9.17) is 10.8 Å². The standard InChI is InChI=1S/C13H26N2O3/c1-6-13(14,7-2)11(18)15(12(3,4)5)9-8-10(16)17/h6-9,14H2,1-5H3,(H,16,17). The number of nitrogens with zero attached hydrogens (tertiary/aromatic N) is 1. The molecule has 0 saturated carbocycles. The summed E-state index contributed by atoms with van der Waals surface area (Å²) in [4.78, 5) is 24.7. The summed E-state index contributed by atoms with van der Waals surface area (Å²) in [5.74, 6) is -1.08. The number of hydrogen-bond acceptors (Lipinski definition) is 3. The predicted octanol–water partition coefficient (Wildman–Crippen LogP) is 1.61. The second-order valence-electron chi connectivity index (χ2n) is 5.63. The second-order valence-corrected chi connectivity index (χ2v) is 5.63. The van der Waals surface area contributed by atoms with E-state index in [0.29, 0.717) is 12.8 Å². The summed E-state index contributed by atoms with van der Waals surface area (Å²) in [5, 5.41) is 8.76. The number of rotatable bonds is 6. The maximum Gasteiger partial charge on any atom is 0.305 e. The molecule has 0 saturated heterocycles. The SMILES string of the molecule is CCC(N)(CC)C(=O)N(CCC(=O)O)C(C)(C)C. The number of amides is 1. The lowest BCUT2D eigenvalue weighted by molar-refractivity contribution is -0.144. The first-order valence-electron chi connectivity index (χ1n) is 6.41. The minimum atomic E-state index is -0.910. The summed E-state index contributed by atoms with van der Waals surface area (Å²) in [6.07, 6.45) is 1.02. The van der Waals surface area contributed by atoms with Gasteiger partial charge in [-0.25, -0.2) is 0 Å². The van der Waals surface area contributed by atoms with E-state index in [1.165, 1.54) is 0 Å². The molecule has 0 aromatic carbocycles. The van der Waals surface area contributed by atoms with Crippen LogP contribution in [0.2, 0.25) is 0 Å². The molecule has 0 fully saturated rings. The van der Waals surface area contributed by atoms with E-state index >= 15 is 0 Å². The van der Waals surface area contributed by atoms with E-state index in [-0.39, 0.29) is 18.9 Å². The van der Waals surface area contributed by atoms with Crippen LogP contribution < -0.4 is 5.73 Å². The predicted molar refractivity (Wildman–Crippen MR) is 71.2 cm³/mol. The van der Waals surface area contributed by atoms with Gasteiger partial charge in [0.25, 0.3) is 0 Å². The maximum absolute atomic E-state index is 12.5. The zero-order valence-electron chi connectivity index (χ0n) is 12.1. The van der Waals surface area contributed by atoms with Crippen LogP contribution in [0, 0.1) is 0 Å². The van der Waals surface area contributed by atoms with Gasteiger partial charge < -0.3 is 15.7 Å². The van der Waals surface area contributed by atoms with Gasteiger partial charge in [0.2, 0.25) is 5.91 Å². The number of carboxylic acid groups (broad SMARTS) is 1. The fraction of sp³-hybridized carbons (Fsp3) is 0.846. The molecule has 0 atom stereocenters. The van der Waals surface area contributed by atoms with Gasteiger partial charge >= 0.3 is 5.97 Å². The molecular weight excluding hydrogens is 232 g/mol. The van der Waals surface area contributed by atoms with Crippen LogP contribution in [-0.2, 0) is 9.59 Å². The van der Waals surface area contributed by atoms with Crippen LogP contribution in [0.25, 0.3) is 0 Å². The van der Waals surface area contributed by atoms with Crippen molar-refractivity contribution >= 4 is 11.9 Å². The van der Waals surface area contributed by atoms with Crippen LogP contribution in [0.4, 0.5) is 0 Å². The molecule has 0 unspecified atom stereocenters. The highest BCUT2D eigenvalue weighted by Gasteiger charge is 2.38. The van der Waals surface area contributed by atoms with Crippen molar-refractivity contribution in [1.82, 2.24) is 4.90 Å². The average molecular weight is 258 g/mol. The van der Waals surface area contributed by atoms with E-state index in [1.54, 1.807) is 4.90 Å². The first kappa shape index (κ1) is 16.9. The molecule has 0 bridgehead atoms. The zero-order valence-corrected chi connectivity index (χ0v) is 12.1. The molecule has 5 nitrogen and oxygen atoms in total. The van der Waals surface area contributed by atoms with Gasteiger partial charge in [-0.3, -0.25) is 9.59 Å². The van der Waals surface area contributed by atoms with Crippen LogP contribution >= 0.6 is 0 Å². The molecule has 0 spiro atoms. The van der Waals surface area contributed by atoms with Gasteiger partial charge in [-0.15, -0.1) is 0 Å². The second kappa shape index (κ2) is 6.18. The number of carboxylic acids is 1. The summed E-state index contributed by atoms with van der Waals surface area (Å²) in [5.41, 5.74) is 4.78. The number of aliphatic carboxylic acids is 1. The highest BCUT2D eigenvalue weighted by molar-refractivity contribution is 5.87. The molecule has 3 N–H and O–H groups in total. The van der Waals surface area contributed by atoms with Crippen molar-refractivity contribution in [3.8, 4) is 0 Å². The van der Waals surface area contributed by atoms with Gasteiger partial charge in [-0.05, 0) is 33.6 Å². The Labute approximate surface area is 109 Å². The lowest BCUT2D eigenvalue weighted by Crippen LogP contribution is -2.59. The van der Waals surface area contributed by atoms with Gasteiger partial charge in [0.15, 0.2) is 0 Å². The molecule has 0 heterocycles. The zero-order chi connectivity index (χ0) is 14.6. The van der Waals surface area contributed by atoms with Crippen LogP contribution in [0.3, 0.4) is 0 Å². The summed E-state index contributed by atoms with van der Waals surface area (Å²) in [6.45, 7) is 9.60. The topological polar surface area (TPSA) is 83.6 Å². The Morgan fingerprint density at radius 3 is 1.89 bits per heavy atom. The Kier molecular flexibility index (Phi) is 5.80. The molecule has 0 radical (unpaired) electrons. The Bertz CT molecular complexity index is 304. The fourth-order valence-corrected chi connectivity index (χ4v) is 1.77. The molecule has 0 aliphatic heterocycles. The summed E-state index contributed by atoms with van der Waals surface area (Å²) in [7, 11) is 0. The quantitative estimate of drug-likeness (QED) is 0.758. The van der Waals surface area contributed by atoms with Crippen molar-refractivity contribution in [2.24, 2.45) is 5.73 Å². The first-order chi connectivity index (χ1) is 8.08. The Balaban J connectivity index is 5.08. The van der Waals surface area contributed by atoms with Crippen molar-refractivity contribution in [2.45, 2.75) is 65.0 Å². The van der Waals surface area contributed by atoms with E-state index in [1.807, 2.05) is 34.6 Å². The molecule has 0 aliphatic carbocycles. The van der Waals surface area contributed by atoms with Crippen molar-refractivity contribution in [3.63, 3.8) is 0 Å². The minimum Gasteiger partial charge on any atom is -0.481 e. The number of hydrogen-bond donors (Lipinski definition) is 2. The maximum atomic E-state index is 12.5. The van der Waals surface area contributed by atoms with E-state index in [0.717, 1.165) is 0 Å². The third kappa shape index (κ3) is 4.29. The molecule has 0 aromatic rings. The minimum absolute atomic E-state index is 0.0630.